The van der Waals surface area contributed by atoms with E-state index in [-0.39, 0.29) is 0 Å². The highest BCUT2D eigenvalue weighted by Crippen LogP contribution is 2.15. The molecular weight excluding hydrogens is 258 g/mol. The summed E-state index contributed by atoms with van der Waals surface area (Å²) in [7, 11) is -3.35. The van der Waals surface area contributed by atoms with Crippen molar-refractivity contribution in [2.75, 3.05) is 6.54 Å². The Morgan fingerprint density at radius 2 is 2.18 bits per heavy atom. The number of hydrogen-bond acceptors (Lipinski definition) is 4. The lowest BCUT2D eigenvalue weighted by molar-refractivity contribution is 0.481. The van der Waals surface area contributed by atoms with Gasteiger partial charge in [-0.1, -0.05) is 6.07 Å². The van der Waals surface area contributed by atoms with Crippen molar-refractivity contribution in [3.8, 4) is 0 Å². The smallest absolute Gasteiger partial charge is 0.250 e. The fourth-order valence-corrected chi connectivity index (χ4v) is 3.48. The van der Waals surface area contributed by atoms with Gasteiger partial charge in [0.2, 0.25) is 10.0 Å². The van der Waals surface area contributed by atoms with Crippen molar-refractivity contribution in [2.24, 2.45) is 0 Å². The van der Waals surface area contributed by atoms with E-state index in [0.29, 0.717) is 17.2 Å². The average Bonchev–Trinajstić information content (AvgIpc) is 2.89. The summed E-state index contributed by atoms with van der Waals surface area (Å²) in [5, 5.41) is 1.74. The van der Waals surface area contributed by atoms with E-state index in [4.69, 9.17) is 4.42 Å². The number of hydrogen-bond donors (Lipinski definition) is 1. The number of aryl methyl sites for hydroxylation is 1. The van der Waals surface area contributed by atoms with Crippen LogP contribution in [0.3, 0.4) is 0 Å². The molecule has 2 aromatic heterocycles. The van der Waals surface area contributed by atoms with Crippen LogP contribution in [0.1, 0.15) is 11.5 Å². The summed E-state index contributed by atoms with van der Waals surface area (Å²) in [6.07, 6.45) is 0.554. The van der Waals surface area contributed by atoms with Crippen molar-refractivity contribution in [2.45, 2.75) is 17.6 Å². The van der Waals surface area contributed by atoms with Gasteiger partial charge in [-0.25, -0.2) is 13.1 Å². The molecule has 6 heteroatoms. The fraction of sp³-hybridized carbons (Fsp3) is 0.273. The number of rotatable bonds is 5. The normalized spacial score (nSPS) is 11.8. The molecule has 0 aliphatic carbocycles. The number of thiophene rings is 1. The minimum absolute atomic E-state index is 0.340. The molecule has 0 fully saturated rings. The van der Waals surface area contributed by atoms with E-state index in [1.807, 2.05) is 19.1 Å². The summed E-state index contributed by atoms with van der Waals surface area (Å²) in [5.74, 6) is 1.62. The van der Waals surface area contributed by atoms with Gasteiger partial charge >= 0.3 is 0 Å². The third-order valence-corrected chi connectivity index (χ3v) is 5.08. The van der Waals surface area contributed by atoms with E-state index in [2.05, 4.69) is 4.72 Å². The fourth-order valence-electron chi connectivity index (χ4n) is 1.42. The maximum Gasteiger partial charge on any atom is 0.250 e. The second kappa shape index (κ2) is 5.03. The van der Waals surface area contributed by atoms with Crippen LogP contribution in [-0.2, 0) is 16.4 Å². The van der Waals surface area contributed by atoms with E-state index in [1.54, 1.807) is 17.5 Å². The predicted octanol–water partition coefficient (Wildman–Crippen LogP) is 2.17. The number of sulfonamides is 1. The molecule has 0 aliphatic rings. The Hall–Kier alpha value is -1.11. The molecule has 0 aliphatic heterocycles. The summed E-state index contributed by atoms with van der Waals surface area (Å²) in [5.41, 5.74) is 0. The second-order valence-corrected chi connectivity index (χ2v) is 6.53. The van der Waals surface area contributed by atoms with Crippen molar-refractivity contribution in [3.05, 3.63) is 41.2 Å². The molecule has 0 saturated heterocycles. The Balaban J connectivity index is 1.91. The van der Waals surface area contributed by atoms with Crippen molar-refractivity contribution in [1.82, 2.24) is 4.72 Å². The van der Waals surface area contributed by atoms with E-state index < -0.39 is 10.0 Å². The highest BCUT2D eigenvalue weighted by Gasteiger charge is 2.14. The first kappa shape index (κ1) is 12.3. The first-order chi connectivity index (χ1) is 8.08. The molecule has 0 unspecified atom stereocenters. The van der Waals surface area contributed by atoms with Crippen LogP contribution in [0.5, 0.6) is 0 Å². The van der Waals surface area contributed by atoms with Gasteiger partial charge < -0.3 is 4.42 Å². The molecule has 0 saturated carbocycles. The van der Waals surface area contributed by atoms with Gasteiger partial charge in [0.25, 0.3) is 0 Å². The van der Waals surface area contributed by atoms with Gasteiger partial charge in [-0.05, 0) is 30.5 Å². The summed E-state index contributed by atoms with van der Waals surface area (Å²) < 4.78 is 31.8. The quantitative estimate of drug-likeness (QED) is 0.906. The maximum atomic E-state index is 11.8. The largest absolute Gasteiger partial charge is 0.466 e. The standard InChI is InChI=1S/C11H13NO3S2/c1-9-4-5-10(15-9)6-7-12-17(13,14)11-3-2-8-16-11/h2-5,8,12H,6-7H2,1H3. The second-order valence-electron chi connectivity index (χ2n) is 3.59. The van der Waals surface area contributed by atoms with Gasteiger partial charge in [-0.3, -0.25) is 0 Å². The summed E-state index contributed by atoms with van der Waals surface area (Å²) in [4.78, 5) is 0. The van der Waals surface area contributed by atoms with Gasteiger partial charge in [-0.2, -0.15) is 0 Å². The number of nitrogens with one attached hydrogen (secondary N) is 1. The highest BCUT2D eigenvalue weighted by molar-refractivity contribution is 7.91. The van der Waals surface area contributed by atoms with Gasteiger partial charge in [-0.15, -0.1) is 11.3 Å². The maximum absolute atomic E-state index is 11.8. The monoisotopic (exact) mass is 271 g/mol. The molecule has 0 aromatic carbocycles. The molecule has 2 heterocycles. The SMILES string of the molecule is Cc1ccc(CCNS(=O)(=O)c2cccs2)o1. The Morgan fingerprint density at radius 3 is 2.76 bits per heavy atom. The first-order valence-corrected chi connectivity index (χ1v) is 7.53. The van der Waals surface area contributed by atoms with Crippen molar-refractivity contribution < 1.29 is 12.8 Å². The first-order valence-electron chi connectivity index (χ1n) is 5.16. The summed E-state index contributed by atoms with van der Waals surface area (Å²) in [6, 6.07) is 7.02. The van der Waals surface area contributed by atoms with Crippen LogP contribution in [0.25, 0.3) is 0 Å². The van der Waals surface area contributed by atoms with Gasteiger partial charge in [0.05, 0.1) is 0 Å². The zero-order valence-corrected chi connectivity index (χ0v) is 11.0. The Labute approximate surface area is 104 Å². The Morgan fingerprint density at radius 1 is 1.35 bits per heavy atom. The van der Waals surface area contributed by atoms with Crippen LogP contribution in [0.15, 0.2) is 38.3 Å². The molecule has 0 spiro atoms. The molecular formula is C11H13NO3S2. The zero-order chi connectivity index (χ0) is 12.3. The highest BCUT2D eigenvalue weighted by atomic mass is 32.2. The Bertz CT molecular complexity index is 570. The van der Waals surface area contributed by atoms with Crippen LogP contribution < -0.4 is 4.72 Å². The lowest BCUT2D eigenvalue weighted by Gasteiger charge is -2.02. The van der Waals surface area contributed by atoms with E-state index in [9.17, 15) is 8.42 Å². The molecule has 0 amide bonds. The van der Waals surface area contributed by atoms with Crippen LogP contribution in [0, 0.1) is 6.92 Å². The predicted molar refractivity (Wildman–Crippen MR) is 66.7 cm³/mol. The molecule has 0 bridgehead atoms. The van der Waals surface area contributed by atoms with E-state index in [0.717, 1.165) is 11.5 Å². The lowest BCUT2D eigenvalue weighted by Crippen LogP contribution is -2.25. The van der Waals surface area contributed by atoms with E-state index >= 15 is 0 Å². The molecule has 2 rings (SSSR count). The molecule has 0 atom stereocenters. The molecule has 17 heavy (non-hydrogen) atoms. The van der Waals surface area contributed by atoms with Gasteiger partial charge in [0.15, 0.2) is 0 Å². The Kier molecular flexibility index (Phi) is 3.66. The molecule has 0 radical (unpaired) electrons. The topological polar surface area (TPSA) is 59.3 Å². The minimum atomic E-state index is -3.35. The molecule has 92 valence electrons. The van der Waals surface area contributed by atoms with Crippen LogP contribution in [0.4, 0.5) is 0 Å². The third kappa shape index (κ3) is 3.18. The minimum Gasteiger partial charge on any atom is -0.466 e. The van der Waals surface area contributed by atoms with Crippen molar-refractivity contribution >= 4 is 21.4 Å². The molecule has 1 N–H and O–H groups in total. The van der Waals surface area contributed by atoms with Crippen LogP contribution in [-0.4, -0.2) is 15.0 Å². The van der Waals surface area contributed by atoms with E-state index in [1.165, 1.54) is 11.3 Å². The number of furan rings is 1. The lowest BCUT2D eigenvalue weighted by atomic mass is 10.3. The summed E-state index contributed by atoms with van der Waals surface area (Å²) in [6.45, 7) is 2.20. The zero-order valence-electron chi connectivity index (χ0n) is 9.34. The van der Waals surface area contributed by atoms with Crippen molar-refractivity contribution in [1.29, 1.82) is 0 Å². The van der Waals surface area contributed by atoms with Crippen molar-refractivity contribution in [3.63, 3.8) is 0 Å². The van der Waals surface area contributed by atoms with Gasteiger partial charge in [0, 0.05) is 13.0 Å². The summed E-state index contributed by atoms with van der Waals surface area (Å²) >= 11 is 1.21. The van der Waals surface area contributed by atoms with Gasteiger partial charge in [0.1, 0.15) is 15.7 Å². The van der Waals surface area contributed by atoms with Crippen LogP contribution in [0.2, 0.25) is 0 Å². The average molecular weight is 271 g/mol. The molecule has 2 aromatic rings. The van der Waals surface area contributed by atoms with Crippen LogP contribution >= 0.6 is 11.3 Å². The third-order valence-electron chi connectivity index (χ3n) is 2.22. The molecule has 4 nitrogen and oxygen atoms in total.